The highest BCUT2D eigenvalue weighted by Gasteiger charge is 2.33. The number of carbonyl (C=O) groups is 2. The second-order valence-electron chi connectivity index (χ2n) is 7.22. The van der Waals surface area contributed by atoms with Crippen LogP contribution in [0.15, 0.2) is 24.7 Å². The fraction of sp³-hybridized carbons (Fsp3) is 0.500. The molecular weight excluding hydrogens is 312 g/mol. The minimum Gasteiger partial charge on any atom is -0.443 e. The van der Waals surface area contributed by atoms with E-state index in [0.29, 0.717) is 5.78 Å². The molecule has 2 heterocycles. The van der Waals surface area contributed by atoms with Gasteiger partial charge >= 0.3 is 12.2 Å². The minimum absolute atomic E-state index is 0.0807. The van der Waals surface area contributed by atoms with Crippen LogP contribution in [0.2, 0.25) is 0 Å². The quantitative estimate of drug-likeness (QED) is 0.794. The summed E-state index contributed by atoms with van der Waals surface area (Å²) in [5.41, 5.74) is -1.54. The normalized spacial score (nSPS) is 12.1. The molecule has 0 saturated heterocycles. The molecule has 0 fully saturated rings. The average Bonchev–Trinajstić information content (AvgIpc) is 2.81. The molecule has 8 nitrogen and oxygen atoms in total. The Morgan fingerprint density at radius 3 is 2.04 bits per heavy atom. The molecule has 0 bridgehead atoms. The summed E-state index contributed by atoms with van der Waals surface area (Å²) in [5, 5.41) is 0. The number of hydrogen-bond acceptors (Lipinski definition) is 6. The zero-order valence-corrected chi connectivity index (χ0v) is 14.7. The molecule has 24 heavy (non-hydrogen) atoms. The number of aromatic nitrogens is 3. The summed E-state index contributed by atoms with van der Waals surface area (Å²) >= 11 is 0. The van der Waals surface area contributed by atoms with E-state index in [-0.39, 0.29) is 5.82 Å². The largest absolute Gasteiger partial charge is 0.443 e. The van der Waals surface area contributed by atoms with Crippen molar-refractivity contribution in [3.8, 4) is 0 Å². The van der Waals surface area contributed by atoms with E-state index in [2.05, 4.69) is 9.97 Å². The Balaban J connectivity index is 2.40. The van der Waals surface area contributed by atoms with Crippen LogP contribution in [0.1, 0.15) is 41.5 Å². The first-order valence-corrected chi connectivity index (χ1v) is 7.52. The zero-order valence-electron chi connectivity index (χ0n) is 14.7. The Morgan fingerprint density at radius 2 is 1.54 bits per heavy atom. The van der Waals surface area contributed by atoms with Crippen molar-refractivity contribution >= 4 is 23.8 Å². The molecule has 0 aliphatic carbocycles. The number of imide groups is 1. The van der Waals surface area contributed by atoms with Crippen LogP contribution in [0.3, 0.4) is 0 Å². The molecule has 0 aromatic carbocycles. The summed E-state index contributed by atoms with van der Waals surface area (Å²) in [6.45, 7) is 10.3. The van der Waals surface area contributed by atoms with Gasteiger partial charge in [-0.2, -0.15) is 9.88 Å². The summed E-state index contributed by atoms with van der Waals surface area (Å²) in [4.78, 5) is 34.0. The molecule has 0 saturated carbocycles. The molecule has 2 aromatic rings. The lowest BCUT2D eigenvalue weighted by atomic mass is 10.2. The van der Waals surface area contributed by atoms with E-state index in [1.807, 2.05) is 0 Å². The number of ether oxygens (including phenoxy) is 2. The molecule has 8 heteroatoms. The summed E-state index contributed by atoms with van der Waals surface area (Å²) in [5.74, 6) is 0.432. The fourth-order valence-electron chi connectivity index (χ4n) is 1.80. The summed E-state index contributed by atoms with van der Waals surface area (Å²) < 4.78 is 12.3. The van der Waals surface area contributed by atoms with E-state index in [4.69, 9.17) is 9.47 Å². The first-order chi connectivity index (χ1) is 11.0. The Bertz CT molecular complexity index is 727. The molecule has 2 aromatic heterocycles. The van der Waals surface area contributed by atoms with Gasteiger partial charge in [0.1, 0.15) is 11.2 Å². The van der Waals surface area contributed by atoms with Gasteiger partial charge in [0.25, 0.3) is 0 Å². The van der Waals surface area contributed by atoms with E-state index in [1.54, 1.807) is 64.5 Å². The number of fused-ring (bicyclic) bond motifs is 1. The molecule has 0 atom stereocenters. The van der Waals surface area contributed by atoms with Crippen molar-refractivity contribution in [1.82, 2.24) is 14.4 Å². The highest BCUT2D eigenvalue weighted by atomic mass is 16.6. The predicted octanol–water partition coefficient (Wildman–Crippen LogP) is 3.41. The minimum atomic E-state index is -0.861. The Hall–Kier alpha value is -2.64. The van der Waals surface area contributed by atoms with Crippen molar-refractivity contribution in [2.75, 3.05) is 4.90 Å². The number of nitrogens with zero attached hydrogens (tertiary/aromatic N) is 4. The lowest BCUT2D eigenvalue weighted by molar-refractivity contribution is 0.0429. The van der Waals surface area contributed by atoms with Crippen molar-refractivity contribution in [2.45, 2.75) is 52.7 Å². The standard InChI is InChI=1S/C16H22N4O4/c1-15(2,3)23-13(21)20(14(22)24-16(4,5)6)11-7-9-19-10-8-17-12(19)18-11/h7-10H,1-6H3. The Morgan fingerprint density at radius 1 is 1.00 bits per heavy atom. The Labute approximate surface area is 140 Å². The van der Waals surface area contributed by atoms with Gasteiger partial charge in [-0.3, -0.25) is 4.40 Å². The SMILES string of the molecule is CC(C)(C)OC(=O)N(C(=O)OC(C)(C)C)c1ccn2ccnc2n1. The van der Waals surface area contributed by atoms with Gasteiger partial charge in [-0.1, -0.05) is 0 Å². The molecule has 2 rings (SSSR count). The van der Waals surface area contributed by atoms with Crippen molar-refractivity contribution < 1.29 is 19.1 Å². The van der Waals surface area contributed by atoms with Gasteiger partial charge in [0.05, 0.1) is 0 Å². The second kappa shape index (κ2) is 6.10. The number of imidazole rings is 1. The number of amides is 2. The lowest BCUT2D eigenvalue weighted by Crippen LogP contribution is -2.44. The topological polar surface area (TPSA) is 86.0 Å². The lowest BCUT2D eigenvalue weighted by Gasteiger charge is -2.27. The van der Waals surface area contributed by atoms with E-state index < -0.39 is 23.4 Å². The molecule has 2 amide bonds. The second-order valence-corrected chi connectivity index (χ2v) is 7.22. The summed E-state index contributed by atoms with van der Waals surface area (Å²) in [6, 6.07) is 1.52. The summed E-state index contributed by atoms with van der Waals surface area (Å²) in [6.07, 6.45) is 3.20. The smallest absolute Gasteiger partial charge is 0.425 e. The molecule has 0 spiro atoms. The van der Waals surface area contributed by atoms with Gasteiger partial charge in [-0.15, -0.1) is 0 Å². The van der Waals surface area contributed by atoms with Crippen LogP contribution in [-0.2, 0) is 9.47 Å². The van der Waals surface area contributed by atoms with Gasteiger partial charge in [0.15, 0.2) is 5.82 Å². The monoisotopic (exact) mass is 334 g/mol. The van der Waals surface area contributed by atoms with Crippen molar-refractivity contribution in [1.29, 1.82) is 0 Å². The number of rotatable bonds is 1. The maximum atomic E-state index is 12.5. The van der Waals surface area contributed by atoms with Crippen LogP contribution in [-0.4, -0.2) is 37.8 Å². The van der Waals surface area contributed by atoms with Crippen molar-refractivity contribution in [3.63, 3.8) is 0 Å². The Kier molecular flexibility index (Phi) is 4.50. The third kappa shape index (κ3) is 4.43. The maximum absolute atomic E-state index is 12.5. The molecule has 0 N–H and O–H groups in total. The first kappa shape index (κ1) is 17.7. The zero-order chi connectivity index (χ0) is 18.1. The average molecular weight is 334 g/mol. The molecule has 0 aliphatic heterocycles. The fourth-order valence-corrected chi connectivity index (χ4v) is 1.80. The van der Waals surface area contributed by atoms with Crippen molar-refractivity contribution in [2.24, 2.45) is 0 Å². The van der Waals surface area contributed by atoms with E-state index >= 15 is 0 Å². The molecule has 0 unspecified atom stereocenters. The van der Waals surface area contributed by atoms with Gasteiger partial charge in [-0.25, -0.2) is 14.6 Å². The van der Waals surface area contributed by atoms with E-state index in [9.17, 15) is 9.59 Å². The van der Waals surface area contributed by atoms with Gasteiger partial charge < -0.3 is 9.47 Å². The van der Waals surface area contributed by atoms with Crippen LogP contribution < -0.4 is 4.90 Å². The van der Waals surface area contributed by atoms with Crippen LogP contribution in [0.25, 0.3) is 5.78 Å². The third-order valence-electron chi connectivity index (χ3n) is 2.63. The number of carbonyl (C=O) groups excluding carboxylic acids is 2. The van der Waals surface area contributed by atoms with E-state index in [1.165, 1.54) is 6.07 Å². The molecule has 0 aliphatic rings. The molecule has 0 radical (unpaired) electrons. The number of anilines is 1. The highest BCUT2D eigenvalue weighted by molar-refractivity contribution is 6.08. The van der Waals surface area contributed by atoms with E-state index in [0.717, 1.165) is 4.90 Å². The van der Waals surface area contributed by atoms with Crippen molar-refractivity contribution in [3.05, 3.63) is 24.7 Å². The third-order valence-corrected chi connectivity index (χ3v) is 2.63. The van der Waals surface area contributed by atoms with Crippen LogP contribution in [0.5, 0.6) is 0 Å². The highest BCUT2D eigenvalue weighted by Crippen LogP contribution is 2.20. The molecular formula is C16H22N4O4. The predicted molar refractivity (Wildman–Crippen MR) is 87.9 cm³/mol. The maximum Gasteiger partial charge on any atom is 0.425 e. The van der Waals surface area contributed by atoms with Gasteiger partial charge in [0, 0.05) is 18.6 Å². The van der Waals surface area contributed by atoms with Gasteiger partial charge in [0.2, 0.25) is 5.78 Å². The molecule has 130 valence electrons. The summed E-state index contributed by atoms with van der Waals surface area (Å²) in [7, 11) is 0. The first-order valence-electron chi connectivity index (χ1n) is 7.52. The van der Waals surface area contributed by atoms with Crippen LogP contribution >= 0.6 is 0 Å². The van der Waals surface area contributed by atoms with Crippen LogP contribution in [0, 0.1) is 0 Å². The number of hydrogen-bond donors (Lipinski definition) is 0. The van der Waals surface area contributed by atoms with Crippen LogP contribution in [0.4, 0.5) is 15.4 Å². The van der Waals surface area contributed by atoms with Gasteiger partial charge in [-0.05, 0) is 47.6 Å².